The molecule has 1 heterocycles. The normalized spacial score (nSPS) is 12.4. The summed E-state index contributed by atoms with van der Waals surface area (Å²) in [4.78, 5) is 4.36. The first-order chi connectivity index (χ1) is 9.61. The first kappa shape index (κ1) is 15.4. The molecule has 1 aromatic heterocycles. The fraction of sp³-hybridized carbons (Fsp3) is 0.312. The van der Waals surface area contributed by atoms with Crippen LogP contribution in [0.1, 0.15) is 36.2 Å². The molecule has 0 aliphatic carbocycles. The second kappa shape index (κ2) is 7.13. The fourth-order valence-electron chi connectivity index (χ4n) is 2.08. The lowest BCUT2D eigenvalue weighted by atomic mass is 9.99. The monoisotopic (exact) mass is 384 g/mol. The van der Waals surface area contributed by atoms with Gasteiger partial charge >= 0.3 is 0 Å². The number of hydrogen-bond acceptors (Lipinski definition) is 2. The van der Waals surface area contributed by atoms with E-state index in [9.17, 15) is 4.39 Å². The number of pyridine rings is 1. The average molecular weight is 384 g/mol. The maximum Gasteiger partial charge on any atom is 0.124 e. The lowest BCUT2D eigenvalue weighted by molar-refractivity contribution is 0.589. The lowest BCUT2D eigenvalue weighted by Crippen LogP contribution is -2.24. The van der Waals surface area contributed by atoms with Gasteiger partial charge in [0.05, 0.1) is 6.04 Å². The number of nitrogens with zero attached hydrogens (tertiary/aromatic N) is 1. The second-order valence-corrected chi connectivity index (χ2v) is 5.95. The van der Waals surface area contributed by atoms with E-state index in [0.29, 0.717) is 0 Å². The number of aryl methyl sites for hydroxylation is 1. The van der Waals surface area contributed by atoms with Gasteiger partial charge in [-0.2, -0.15) is 0 Å². The number of rotatable bonds is 5. The molecule has 0 aliphatic heterocycles. The van der Waals surface area contributed by atoms with Gasteiger partial charge in [0.1, 0.15) is 5.82 Å². The van der Waals surface area contributed by atoms with Crippen molar-refractivity contribution in [3.05, 3.63) is 62.7 Å². The summed E-state index contributed by atoms with van der Waals surface area (Å²) in [6, 6.07) is 9.07. The zero-order chi connectivity index (χ0) is 14.5. The molecule has 1 N–H and O–H groups in total. The third-order valence-corrected chi connectivity index (χ3v) is 4.07. The highest BCUT2D eigenvalue weighted by Crippen LogP contribution is 2.26. The van der Waals surface area contributed by atoms with E-state index in [1.54, 1.807) is 6.07 Å². The molecule has 106 valence electrons. The van der Waals surface area contributed by atoms with Gasteiger partial charge < -0.3 is 5.32 Å². The van der Waals surface area contributed by atoms with Crippen molar-refractivity contribution in [1.29, 1.82) is 0 Å². The maximum atomic E-state index is 13.3. The molecule has 1 atom stereocenters. The topological polar surface area (TPSA) is 24.9 Å². The van der Waals surface area contributed by atoms with Crippen molar-refractivity contribution >= 4 is 22.6 Å². The van der Waals surface area contributed by atoms with Gasteiger partial charge in [0.2, 0.25) is 0 Å². The van der Waals surface area contributed by atoms with E-state index >= 15 is 0 Å². The van der Waals surface area contributed by atoms with Crippen LogP contribution in [0.2, 0.25) is 0 Å². The molecule has 0 saturated carbocycles. The molecule has 0 radical (unpaired) electrons. The molecule has 0 aliphatic rings. The molecule has 2 nitrogen and oxygen atoms in total. The molecule has 4 heteroatoms. The smallest absolute Gasteiger partial charge is 0.124 e. The Morgan fingerprint density at radius 3 is 2.70 bits per heavy atom. The molecular formula is C16H18FIN2. The van der Waals surface area contributed by atoms with Crippen molar-refractivity contribution in [3.8, 4) is 0 Å². The Balaban J connectivity index is 2.38. The number of benzene rings is 1. The van der Waals surface area contributed by atoms with E-state index in [-0.39, 0.29) is 11.9 Å². The van der Waals surface area contributed by atoms with Crippen LogP contribution < -0.4 is 5.32 Å². The summed E-state index contributed by atoms with van der Waals surface area (Å²) in [5.41, 5.74) is 3.19. The highest BCUT2D eigenvalue weighted by Gasteiger charge is 2.16. The van der Waals surface area contributed by atoms with Crippen LogP contribution >= 0.6 is 22.6 Å². The van der Waals surface area contributed by atoms with Gasteiger partial charge in [0.15, 0.2) is 0 Å². The molecular weight excluding hydrogens is 366 g/mol. The average Bonchev–Trinajstić information content (AvgIpc) is 2.42. The first-order valence-corrected chi connectivity index (χ1v) is 7.80. The quantitative estimate of drug-likeness (QED) is 0.781. The zero-order valence-electron chi connectivity index (χ0n) is 11.7. The Hall–Kier alpha value is -1.01. The van der Waals surface area contributed by atoms with Gasteiger partial charge in [-0.25, -0.2) is 4.39 Å². The summed E-state index contributed by atoms with van der Waals surface area (Å²) in [5.74, 6) is -0.200. The molecule has 0 saturated heterocycles. The zero-order valence-corrected chi connectivity index (χ0v) is 13.8. The van der Waals surface area contributed by atoms with Crippen molar-refractivity contribution in [3.63, 3.8) is 0 Å². The van der Waals surface area contributed by atoms with Crippen molar-refractivity contribution < 1.29 is 4.39 Å². The van der Waals surface area contributed by atoms with E-state index in [1.165, 1.54) is 6.07 Å². The molecule has 0 bridgehead atoms. The Bertz CT molecular complexity index is 569. The van der Waals surface area contributed by atoms with Crippen LogP contribution in [0.25, 0.3) is 0 Å². The lowest BCUT2D eigenvalue weighted by Gasteiger charge is -2.20. The fourth-order valence-corrected chi connectivity index (χ4v) is 2.87. The molecule has 0 amide bonds. The number of halogens is 2. The van der Waals surface area contributed by atoms with Crippen LogP contribution in [0.4, 0.5) is 4.39 Å². The van der Waals surface area contributed by atoms with E-state index in [0.717, 1.165) is 33.4 Å². The Kier molecular flexibility index (Phi) is 5.48. The van der Waals surface area contributed by atoms with Gasteiger partial charge in [-0.15, -0.1) is 0 Å². The van der Waals surface area contributed by atoms with Crippen LogP contribution in [0.5, 0.6) is 0 Å². The number of aromatic nitrogens is 1. The molecule has 0 spiro atoms. The van der Waals surface area contributed by atoms with E-state index in [1.807, 2.05) is 25.3 Å². The standard InChI is InChI=1S/C16H18FIN2/c1-3-8-19-16(12-5-4-11(2)20-10-12)14-7-6-13(17)9-15(14)18/h4-7,9-10,16,19H,3,8H2,1-2H3. The summed E-state index contributed by atoms with van der Waals surface area (Å²) < 4.78 is 14.2. The summed E-state index contributed by atoms with van der Waals surface area (Å²) in [5, 5.41) is 3.51. The minimum absolute atomic E-state index is 0.0514. The Morgan fingerprint density at radius 1 is 1.30 bits per heavy atom. The van der Waals surface area contributed by atoms with Crippen LogP contribution in [0, 0.1) is 16.3 Å². The van der Waals surface area contributed by atoms with Gasteiger partial charge in [-0.3, -0.25) is 4.98 Å². The molecule has 0 fully saturated rings. The van der Waals surface area contributed by atoms with Gasteiger partial charge in [-0.05, 0) is 71.8 Å². The van der Waals surface area contributed by atoms with Crippen LogP contribution in [0.15, 0.2) is 36.5 Å². The van der Waals surface area contributed by atoms with Gasteiger partial charge in [0, 0.05) is 15.5 Å². The van der Waals surface area contributed by atoms with E-state index in [2.05, 4.69) is 45.9 Å². The SMILES string of the molecule is CCCNC(c1ccc(C)nc1)c1ccc(F)cc1I. The van der Waals surface area contributed by atoms with E-state index < -0.39 is 0 Å². The van der Waals surface area contributed by atoms with Crippen molar-refractivity contribution in [1.82, 2.24) is 10.3 Å². The van der Waals surface area contributed by atoms with Crippen molar-refractivity contribution in [2.24, 2.45) is 0 Å². The Labute approximate surface area is 133 Å². The van der Waals surface area contributed by atoms with Crippen molar-refractivity contribution in [2.45, 2.75) is 26.3 Å². The predicted octanol–water partition coefficient (Wildman–Crippen LogP) is 4.22. The van der Waals surface area contributed by atoms with Crippen LogP contribution in [0.3, 0.4) is 0 Å². The number of nitrogens with one attached hydrogen (secondary N) is 1. The summed E-state index contributed by atoms with van der Waals surface area (Å²) in [6.07, 6.45) is 2.94. The molecule has 1 aromatic carbocycles. The minimum Gasteiger partial charge on any atom is -0.306 e. The molecule has 2 rings (SSSR count). The largest absolute Gasteiger partial charge is 0.306 e. The van der Waals surface area contributed by atoms with Gasteiger partial charge in [0.25, 0.3) is 0 Å². The predicted molar refractivity (Wildman–Crippen MR) is 88.2 cm³/mol. The second-order valence-electron chi connectivity index (χ2n) is 4.79. The first-order valence-electron chi connectivity index (χ1n) is 6.72. The maximum absolute atomic E-state index is 13.3. The van der Waals surface area contributed by atoms with Crippen LogP contribution in [-0.2, 0) is 0 Å². The third kappa shape index (κ3) is 3.76. The van der Waals surface area contributed by atoms with Crippen LogP contribution in [-0.4, -0.2) is 11.5 Å². The third-order valence-electron chi connectivity index (χ3n) is 3.14. The number of hydrogen-bond donors (Lipinski definition) is 1. The summed E-state index contributed by atoms with van der Waals surface area (Å²) in [6.45, 7) is 5.01. The molecule has 2 aromatic rings. The highest BCUT2D eigenvalue weighted by molar-refractivity contribution is 14.1. The Morgan fingerprint density at radius 2 is 2.10 bits per heavy atom. The molecule has 20 heavy (non-hydrogen) atoms. The molecule has 1 unspecified atom stereocenters. The summed E-state index contributed by atoms with van der Waals surface area (Å²) >= 11 is 2.19. The highest BCUT2D eigenvalue weighted by atomic mass is 127. The van der Waals surface area contributed by atoms with E-state index in [4.69, 9.17) is 0 Å². The minimum atomic E-state index is -0.200. The van der Waals surface area contributed by atoms with Crippen molar-refractivity contribution in [2.75, 3.05) is 6.54 Å². The van der Waals surface area contributed by atoms with Gasteiger partial charge in [-0.1, -0.05) is 19.1 Å². The summed E-state index contributed by atoms with van der Waals surface area (Å²) in [7, 11) is 0.